The molecule has 2 aliphatic rings. The summed E-state index contributed by atoms with van der Waals surface area (Å²) in [5, 5.41) is 17.0. The summed E-state index contributed by atoms with van der Waals surface area (Å²) in [6.45, 7) is 16.6. The molecule has 8 nitrogen and oxygen atoms in total. The fraction of sp³-hybridized carbons (Fsp3) is 0.778. The Labute approximate surface area is 157 Å². The lowest BCUT2D eigenvalue weighted by molar-refractivity contribution is 0.248. The summed E-state index contributed by atoms with van der Waals surface area (Å²) >= 11 is 0. The Balaban J connectivity index is 0.000000263. The Hall–Kier alpha value is -2.12. The SMILES string of the molecule is CC1(C)N=C(N)NC(=N)C1(C)C.CN=C1NC(=NC)C(C)(C)C(C)(C)N1. The molecule has 8 heteroatoms. The summed E-state index contributed by atoms with van der Waals surface area (Å²) in [5.74, 6) is 2.53. The second-order valence-corrected chi connectivity index (χ2v) is 8.83. The van der Waals surface area contributed by atoms with Crippen LogP contribution in [0.25, 0.3) is 0 Å². The minimum absolute atomic E-state index is 0.0318. The molecule has 26 heavy (non-hydrogen) atoms. The van der Waals surface area contributed by atoms with Crippen molar-refractivity contribution < 1.29 is 0 Å². The van der Waals surface area contributed by atoms with Crippen LogP contribution in [-0.4, -0.2) is 48.8 Å². The van der Waals surface area contributed by atoms with Crippen LogP contribution in [0.5, 0.6) is 0 Å². The third kappa shape index (κ3) is 3.83. The Kier molecular flexibility index (Phi) is 5.81. The summed E-state index contributed by atoms with van der Waals surface area (Å²) in [6.07, 6.45) is 0. The minimum atomic E-state index is -0.306. The van der Waals surface area contributed by atoms with Crippen LogP contribution < -0.4 is 21.7 Å². The molecule has 2 aliphatic heterocycles. The van der Waals surface area contributed by atoms with E-state index >= 15 is 0 Å². The number of hydrogen-bond acceptors (Lipinski definition) is 5. The normalized spacial score (nSPS) is 28.1. The van der Waals surface area contributed by atoms with Gasteiger partial charge in [0.2, 0.25) is 0 Å². The molecule has 0 radical (unpaired) electrons. The molecule has 1 saturated heterocycles. The highest BCUT2D eigenvalue weighted by molar-refractivity contribution is 6.06. The topological polar surface area (TPSA) is 123 Å². The number of amidine groups is 2. The molecule has 0 unspecified atom stereocenters. The minimum Gasteiger partial charge on any atom is -0.370 e. The predicted molar refractivity (Wildman–Crippen MR) is 111 cm³/mol. The maximum Gasteiger partial charge on any atom is 0.196 e. The molecule has 0 aromatic rings. The molecule has 2 rings (SSSR count). The smallest absolute Gasteiger partial charge is 0.196 e. The summed E-state index contributed by atoms with van der Waals surface area (Å²) < 4.78 is 0. The van der Waals surface area contributed by atoms with Gasteiger partial charge in [0, 0.05) is 30.5 Å². The quantitative estimate of drug-likeness (QED) is 0.449. The van der Waals surface area contributed by atoms with Crippen molar-refractivity contribution in [1.29, 1.82) is 5.41 Å². The van der Waals surface area contributed by atoms with Gasteiger partial charge < -0.3 is 21.7 Å². The van der Waals surface area contributed by atoms with Crippen LogP contribution in [0.1, 0.15) is 55.4 Å². The van der Waals surface area contributed by atoms with E-state index < -0.39 is 0 Å². The summed E-state index contributed by atoms with van der Waals surface area (Å²) in [6, 6.07) is 0. The zero-order chi connectivity index (χ0) is 20.6. The number of guanidine groups is 2. The average molecular weight is 365 g/mol. The van der Waals surface area contributed by atoms with Gasteiger partial charge in [-0.3, -0.25) is 15.4 Å². The standard InChI is InChI=1S/C10H20N4.C8H16N4/c1-9(2)7(11-5)13-8(12-6)14-10(9,3)4;1-7(2)5(9)11-6(10)12-8(7,3)4/h1-6H3,(H2,11,12,13,14);1-4H3,(H4,9,10,11,12). The molecule has 0 amide bonds. The van der Waals surface area contributed by atoms with Crippen molar-refractivity contribution in [3.05, 3.63) is 0 Å². The number of nitrogens with zero attached hydrogens (tertiary/aromatic N) is 3. The highest BCUT2D eigenvalue weighted by Crippen LogP contribution is 2.36. The first-order chi connectivity index (χ1) is 11.6. The van der Waals surface area contributed by atoms with E-state index in [1.165, 1.54) is 0 Å². The fourth-order valence-corrected chi connectivity index (χ4v) is 2.55. The van der Waals surface area contributed by atoms with E-state index in [0.717, 1.165) is 11.8 Å². The largest absolute Gasteiger partial charge is 0.370 e. The first-order valence-corrected chi connectivity index (χ1v) is 8.83. The number of nitrogens with one attached hydrogen (secondary N) is 4. The monoisotopic (exact) mass is 364 g/mol. The highest BCUT2D eigenvalue weighted by Gasteiger charge is 2.46. The molecule has 0 spiro atoms. The molecule has 0 bridgehead atoms. The van der Waals surface area contributed by atoms with E-state index in [0.29, 0.717) is 11.8 Å². The van der Waals surface area contributed by atoms with Crippen LogP contribution in [0.15, 0.2) is 15.0 Å². The van der Waals surface area contributed by atoms with Gasteiger partial charge in [-0.15, -0.1) is 0 Å². The Morgan fingerprint density at radius 2 is 1.42 bits per heavy atom. The van der Waals surface area contributed by atoms with Gasteiger partial charge in [0.05, 0.1) is 5.54 Å². The molecule has 2 heterocycles. The van der Waals surface area contributed by atoms with Gasteiger partial charge in [-0.1, -0.05) is 27.7 Å². The van der Waals surface area contributed by atoms with E-state index in [-0.39, 0.29) is 21.9 Å². The van der Waals surface area contributed by atoms with E-state index in [9.17, 15) is 0 Å². The lowest BCUT2D eigenvalue weighted by Crippen LogP contribution is -2.68. The predicted octanol–water partition coefficient (Wildman–Crippen LogP) is 1.68. The third-order valence-corrected chi connectivity index (χ3v) is 6.08. The maximum absolute atomic E-state index is 7.71. The van der Waals surface area contributed by atoms with Crippen LogP contribution in [0.2, 0.25) is 0 Å². The molecule has 0 aromatic heterocycles. The first kappa shape index (κ1) is 21.9. The Morgan fingerprint density at radius 3 is 1.85 bits per heavy atom. The average Bonchev–Trinajstić information content (AvgIpc) is 2.48. The molecule has 0 aliphatic carbocycles. The first-order valence-electron chi connectivity index (χ1n) is 8.83. The molecule has 6 N–H and O–H groups in total. The van der Waals surface area contributed by atoms with E-state index in [4.69, 9.17) is 11.1 Å². The van der Waals surface area contributed by atoms with Gasteiger partial charge in [0.15, 0.2) is 11.9 Å². The van der Waals surface area contributed by atoms with E-state index in [1.807, 2.05) is 27.7 Å². The zero-order valence-corrected chi connectivity index (χ0v) is 17.9. The maximum atomic E-state index is 7.71. The van der Waals surface area contributed by atoms with Crippen LogP contribution in [-0.2, 0) is 0 Å². The molecular weight excluding hydrogens is 328 g/mol. The lowest BCUT2D eigenvalue weighted by atomic mass is 9.72. The molecule has 0 atom stereocenters. The van der Waals surface area contributed by atoms with Gasteiger partial charge in [0.1, 0.15) is 11.7 Å². The van der Waals surface area contributed by atoms with Crippen LogP contribution >= 0.6 is 0 Å². The van der Waals surface area contributed by atoms with Gasteiger partial charge in [0.25, 0.3) is 0 Å². The number of nitrogens with two attached hydrogens (primary N) is 1. The van der Waals surface area contributed by atoms with Crippen molar-refractivity contribution >= 4 is 23.6 Å². The zero-order valence-electron chi connectivity index (χ0n) is 17.9. The van der Waals surface area contributed by atoms with Crippen LogP contribution in [0, 0.1) is 16.2 Å². The van der Waals surface area contributed by atoms with Gasteiger partial charge in [-0.05, 0) is 27.7 Å². The van der Waals surface area contributed by atoms with Crippen molar-refractivity contribution in [1.82, 2.24) is 16.0 Å². The van der Waals surface area contributed by atoms with E-state index in [2.05, 4.69) is 58.6 Å². The van der Waals surface area contributed by atoms with Gasteiger partial charge >= 0.3 is 0 Å². The van der Waals surface area contributed by atoms with Gasteiger partial charge in [-0.25, -0.2) is 4.99 Å². The van der Waals surface area contributed by atoms with Crippen molar-refractivity contribution in [2.24, 2.45) is 31.5 Å². The van der Waals surface area contributed by atoms with Crippen molar-refractivity contribution in [3.8, 4) is 0 Å². The van der Waals surface area contributed by atoms with Crippen LogP contribution in [0.4, 0.5) is 0 Å². The number of hydrogen-bond donors (Lipinski definition) is 5. The molecule has 148 valence electrons. The third-order valence-electron chi connectivity index (χ3n) is 6.08. The second kappa shape index (κ2) is 6.89. The molecule has 1 fully saturated rings. The fourth-order valence-electron chi connectivity index (χ4n) is 2.55. The Bertz CT molecular complexity index is 650. The molecular formula is C18H36N8. The van der Waals surface area contributed by atoms with Gasteiger partial charge in [-0.2, -0.15) is 0 Å². The highest BCUT2D eigenvalue weighted by atomic mass is 15.3. The summed E-state index contributed by atoms with van der Waals surface area (Å²) in [4.78, 5) is 12.7. The number of rotatable bonds is 0. The van der Waals surface area contributed by atoms with E-state index in [1.54, 1.807) is 14.1 Å². The van der Waals surface area contributed by atoms with Crippen molar-refractivity contribution in [2.45, 2.75) is 66.5 Å². The van der Waals surface area contributed by atoms with Crippen LogP contribution in [0.3, 0.4) is 0 Å². The molecule has 0 saturated carbocycles. The summed E-state index contributed by atoms with van der Waals surface area (Å²) in [5.41, 5.74) is 4.85. The Morgan fingerprint density at radius 1 is 0.885 bits per heavy atom. The second-order valence-electron chi connectivity index (χ2n) is 8.83. The lowest BCUT2D eigenvalue weighted by Gasteiger charge is -2.47. The summed E-state index contributed by atoms with van der Waals surface area (Å²) in [7, 11) is 3.57. The van der Waals surface area contributed by atoms with Crippen molar-refractivity contribution in [2.75, 3.05) is 14.1 Å². The number of aliphatic imine (C=N–C) groups is 3. The van der Waals surface area contributed by atoms with Crippen molar-refractivity contribution in [3.63, 3.8) is 0 Å². The molecule has 0 aromatic carbocycles.